The third kappa shape index (κ3) is 16.1. The Morgan fingerprint density at radius 2 is 1.80 bits per heavy atom. The molecule has 0 saturated carbocycles. The van der Waals surface area contributed by atoms with Crippen LogP contribution >= 0.6 is 0 Å². The van der Waals surface area contributed by atoms with E-state index >= 15 is 0 Å². The van der Waals surface area contributed by atoms with E-state index < -0.39 is 0 Å². The molecular weight excluding hydrogens is 221 g/mol. The van der Waals surface area contributed by atoms with E-state index in [1.807, 2.05) is 16.8 Å². The average Bonchev–Trinajstić information content (AvgIpc) is 2.52. The summed E-state index contributed by atoms with van der Waals surface area (Å²) < 4.78 is 4.61. The van der Waals surface area contributed by atoms with E-state index in [4.69, 9.17) is 5.11 Å². The monoisotopic (exact) mass is 240 g/mol. The minimum Gasteiger partial charge on any atom is -0.394 e. The molecule has 10 heavy (non-hydrogen) atoms. The quantitative estimate of drug-likeness (QED) is 0.528. The number of hydrogen-bond acceptors (Lipinski definition) is 2. The number of hydrogen-bond donors (Lipinski definition) is 1. The molecule has 0 aromatic carbocycles. The summed E-state index contributed by atoms with van der Waals surface area (Å²) in [5.41, 5.74) is 0. The number of rotatable bonds is 1. The van der Waals surface area contributed by atoms with Gasteiger partial charge in [0.25, 0.3) is 0 Å². The van der Waals surface area contributed by atoms with E-state index in [2.05, 4.69) is 4.74 Å². The zero-order chi connectivity index (χ0) is 5.70. The van der Waals surface area contributed by atoms with Gasteiger partial charge in [0.15, 0.2) is 0 Å². The Bertz CT molecular complexity index is 42.7. The third-order valence-electron chi connectivity index (χ3n) is 0.606. The van der Waals surface area contributed by atoms with E-state index in [-0.39, 0.29) is 60.3 Å². The molecule has 1 N–H and O–H groups in total. The van der Waals surface area contributed by atoms with Gasteiger partial charge in [-0.25, -0.2) is 0 Å². The van der Waals surface area contributed by atoms with Gasteiger partial charge in [-0.05, 0) is 0 Å². The Hall–Kier alpha value is 1.24. The van der Waals surface area contributed by atoms with Crippen LogP contribution < -0.4 is 0 Å². The molecule has 1 saturated heterocycles. The first-order chi connectivity index (χ1) is 3.43. The van der Waals surface area contributed by atoms with Crippen molar-refractivity contribution in [2.24, 2.45) is 0 Å². The fourth-order valence-corrected chi connectivity index (χ4v) is 0.173. The van der Waals surface area contributed by atoms with E-state index in [0.29, 0.717) is 0 Å². The van der Waals surface area contributed by atoms with Crippen LogP contribution in [-0.2, 0) is 37.4 Å². The van der Waals surface area contributed by atoms with Gasteiger partial charge in [0.2, 0.25) is 0 Å². The summed E-state index contributed by atoms with van der Waals surface area (Å²) >= 11 is 0. The molecule has 1 heterocycles. The van der Waals surface area contributed by atoms with Gasteiger partial charge in [-0.2, -0.15) is 0 Å². The normalized spacial score (nSPS) is 17.7. The van der Waals surface area contributed by atoms with Gasteiger partial charge in [0.05, 0.1) is 13.2 Å². The third-order valence-corrected chi connectivity index (χ3v) is 0.606. The van der Waals surface area contributed by atoms with Crippen LogP contribution in [0.4, 0.5) is 0 Å². The fourth-order valence-electron chi connectivity index (χ4n) is 0.173. The molecule has 0 amide bonds. The van der Waals surface area contributed by atoms with Crippen LogP contribution in [-0.4, -0.2) is 34.7 Å². The fraction of sp³-hybridized carbons (Fsp3) is 1.00. The van der Waals surface area contributed by atoms with Crippen LogP contribution in [0, 0.1) is 0 Å². The second-order valence-electron chi connectivity index (χ2n) is 1.14. The molecule has 0 spiro atoms. The predicted octanol–water partition coefficient (Wildman–Crippen LogP) is 0.315. The molecule has 2 radical (unpaired) electrons. The van der Waals surface area contributed by atoms with Gasteiger partial charge in [-0.1, -0.05) is 21.4 Å². The first kappa shape index (κ1) is 22.5. The predicted molar refractivity (Wildman–Crippen MR) is 44.7 cm³/mol. The second-order valence-corrected chi connectivity index (χ2v) is 1.14. The Morgan fingerprint density at radius 3 is 1.80 bits per heavy atom. The van der Waals surface area contributed by atoms with Crippen LogP contribution in [0.3, 0.4) is 0 Å². The van der Waals surface area contributed by atoms with Crippen molar-refractivity contribution < 1.29 is 42.6 Å². The summed E-state index contributed by atoms with van der Waals surface area (Å²) in [5.74, 6) is 0. The van der Waals surface area contributed by atoms with Crippen molar-refractivity contribution >= 4 is 10.2 Å². The summed E-state index contributed by atoms with van der Waals surface area (Å²) in [6.07, 6.45) is 0.190. The summed E-state index contributed by atoms with van der Waals surface area (Å²) in [6, 6.07) is 0. The number of aliphatic hydroxyl groups is 1. The molecule has 1 aliphatic rings. The zero-order valence-corrected chi connectivity index (χ0v) is 9.38. The van der Waals surface area contributed by atoms with Crippen molar-refractivity contribution in [3.05, 3.63) is 0 Å². The van der Waals surface area contributed by atoms with Crippen molar-refractivity contribution in [2.45, 2.75) is 27.5 Å². The SMILES string of the molecule is C.C.C[SiH2].OCC1CO1.[Y]. The van der Waals surface area contributed by atoms with Crippen LogP contribution in [0.5, 0.6) is 0 Å². The first-order valence-electron chi connectivity index (χ1n) is 2.36. The minimum absolute atomic E-state index is 0. The standard InChI is InChI=1S/C3H6O2.CH5Si.2CH4.Y/c4-1-3-2-5-3;1-2;;;/h3-4H,1-2H2;2H2,1H3;2*1H4;. The molecule has 1 aliphatic heterocycles. The van der Waals surface area contributed by atoms with Crippen LogP contribution in [0.1, 0.15) is 14.9 Å². The Balaban J connectivity index is -0.0000000337. The molecule has 1 atom stereocenters. The Kier molecular flexibility index (Phi) is 37.5. The van der Waals surface area contributed by atoms with Gasteiger partial charge in [0.1, 0.15) is 6.10 Å². The molecule has 4 heteroatoms. The van der Waals surface area contributed by atoms with Gasteiger partial charge >= 0.3 is 0 Å². The van der Waals surface area contributed by atoms with Crippen molar-refractivity contribution in [3.63, 3.8) is 0 Å². The van der Waals surface area contributed by atoms with E-state index in [1.165, 1.54) is 0 Å². The minimum atomic E-state index is 0. The largest absolute Gasteiger partial charge is 0.394 e. The number of epoxide rings is 1. The molecule has 1 unspecified atom stereocenters. The van der Waals surface area contributed by atoms with Crippen LogP contribution in [0.15, 0.2) is 0 Å². The van der Waals surface area contributed by atoms with Gasteiger partial charge < -0.3 is 9.84 Å². The van der Waals surface area contributed by atoms with E-state index in [0.717, 1.165) is 6.61 Å². The molecule has 1 rings (SSSR count). The average molecular weight is 240 g/mol. The van der Waals surface area contributed by atoms with Gasteiger partial charge in [-0.3, -0.25) is 0 Å². The van der Waals surface area contributed by atoms with Crippen LogP contribution in [0.25, 0.3) is 0 Å². The molecular formula is C6H19O2SiY. The summed E-state index contributed by atoms with van der Waals surface area (Å²) in [7, 11) is 1.86. The Morgan fingerprint density at radius 1 is 1.50 bits per heavy atom. The maximum absolute atomic E-state index is 8.08. The van der Waals surface area contributed by atoms with E-state index in [9.17, 15) is 0 Å². The summed E-state index contributed by atoms with van der Waals surface area (Å²) in [4.78, 5) is 0. The molecule has 2 nitrogen and oxygen atoms in total. The van der Waals surface area contributed by atoms with Gasteiger partial charge in [0, 0.05) is 43.0 Å². The first-order valence-corrected chi connectivity index (χ1v) is 3.78. The molecule has 0 aliphatic carbocycles. The van der Waals surface area contributed by atoms with Crippen molar-refractivity contribution in [2.75, 3.05) is 13.2 Å². The molecule has 1 fully saturated rings. The van der Waals surface area contributed by atoms with Crippen molar-refractivity contribution in [3.8, 4) is 0 Å². The number of ether oxygens (including phenoxy) is 1. The molecule has 0 bridgehead atoms. The summed E-state index contributed by atoms with van der Waals surface area (Å²) in [6.45, 7) is 2.98. The summed E-state index contributed by atoms with van der Waals surface area (Å²) in [5, 5.41) is 8.08. The second kappa shape index (κ2) is 16.7. The van der Waals surface area contributed by atoms with Crippen molar-refractivity contribution in [1.29, 1.82) is 0 Å². The maximum Gasteiger partial charge on any atom is 0.104 e. The molecule has 0 aromatic rings. The molecule has 62 valence electrons. The van der Waals surface area contributed by atoms with Crippen molar-refractivity contribution in [1.82, 2.24) is 0 Å². The topological polar surface area (TPSA) is 32.8 Å². The zero-order valence-electron chi connectivity index (χ0n) is 5.13. The maximum atomic E-state index is 8.08. The van der Waals surface area contributed by atoms with Crippen LogP contribution in [0.2, 0.25) is 6.55 Å². The molecule has 0 aromatic heterocycles. The number of aliphatic hydroxyl groups excluding tert-OH is 1. The van der Waals surface area contributed by atoms with E-state index in [1.54, 1.807) is 0 Å². The smallest absolute Gasteiger partial charge is 0.104 e. The van der Waals surface area contributed by atoms with Gasteiger partial charge in [-0.15, -0.1) is 0 Å². The Labute approximate surface area is 93.0 Å².